The number of hydrogen-bond acceptors (Lipinski definition) is 5. The lowest BCUT2D eigenvalue weighted by atomic mass is 10.00. The number of halogens is 1. The molecule has 156 valence electrons. The Labute approximate surface area is 170 Å². The van der Waals surface area contributed by atoms with E-state index in [0.29, 0.717) is 19.4 Å². The fraction of sp³-hybridized carbons (Fsp3) is 0.381. The first kappa shape index (κ1) is 21.7. The van der Waals surface area contributed by atoms with Crippen molar-refractivity contribution in [1.29, 1.82) is 0 Å². The van der Waals surface area contributed by atoms with Gasteiger partial charge < -0.3 is 23.9 Å². The second-order valence-electron chi connectivity index (χ2n) is 7.02. The lowest BCUT2D eigenvalue weighted by Gasteiger charge is -2.36. The Kier molecular flexibility index (Phi) is 7.56. The van der Waals surface area contributed by atoms with Crippen LogP contribution < -0.4 is 0 Å². The van der Waals surface area contributed by atoms with Crippen LogP contribution in [0.5, 0.6) is 0 Å². The zero-order valence-corrected chi connectivity index (χ0v) is 17.1. The first-order valence-corrected chi connectivity index (χ1v) is 10.7. The number of carbonyl (C=O) groups is 1. The zero-order valence-electron chi connectivity index (χ0n) is 16.2. The molecule has 2 aromatic rings. The average Bonchev–Trinajstić information content (AvgIpc) is 2.71. The Hall–Kier alpha value is -2.05. The van der Waals surface area contributed by atoms with Gasteiger partial charge >= 0.3 is 14.7 Å². The van der Waals surface area contributed by atoms with Crippen molar-refractivity contribution in [1.82, 2.24) is 4.90 Å². The highest BCUT2D eigenvalue weighted by Crippen LogP contribution is 2.29. The third-order valence-corrected chi connectivity index (χ3v) is 5.52. The van der Waals surface area contributed by atoms with E-state index in [1.807, 2.05) is 31.2 Å². The molecule has 0 aromatic heterocycles. The first-order chi connectivity index (χ1) is 13.9. The van der Waals surface area contributed by atoms with Crippen LogP contribution in [0.4, 0.5) is 9.18 Å². The van der Waals surface area contributed by atoms with Crippen molar-refractivity contribution >= 4 is 14.7 Å². The van der Waals surface area contributed by atoms with Crippen molar-refractivity contribution < 1.29 is 28.2 Å². The Morgan fingerprint density at radius 2 is 1.79 bits per heavy atom. The summed E-state index contributed by atoms with van der Waals surface area (Å²) in [6.07, 6.45) is 1.42. The van der Waals surface area contributed by atoms with E-state index in [4.69, 9.17) is 19.0 Å². The van der Waals surface area contributed by atoms with Crippen LogP contribution in [0.2, 0.25) is 0 Å². The number of hydrogen-bond donors (Lipinski definition) is 2. The minimum Gasteiger partial charge on any atom is -0.446 e. The van der Waals surface area contributed by atoms with Gasteiger partial charge in [-0.1, -0.05) is 36.4 Å². The van der Waals surface area contributed by atoms with Crippen LogP contribution in [0, 0.1) is 5.82 Å². The van der Waals surface area contributed by atoms with Crippen LogP contribution in [0.15, 0.2) is 48.5 Å². The van der Waals surface area contributed by atoms with E-state index < -0.39 is 8.60 Å². The van der Waals surface area contributed by atoms with Gasteiger partial charge in [-0.2, -0.15) is 0 Å². The molecule has 6 nitrogen and oxygen atoms in total. The SMILES string of the molecule is CC(c1ccc(-c2ccc(F)cc2)cc1)N1CCC(CCCOP(O)O)OC1=O. The van der Waals surface area contributed by atoms with Crippen LogP contribution in [0.1, 0.15) is 37.8 Å². The molecule has 0 saturated carbocycles. The minimum absolute atomic E-state index is 0.124. The lowest BCUT2D eigenvalue weighted by Crippen LogP contribution is -2.43. The molecule has 0 aliphatic carbocycles. The second-order valence-corrected chi connectivity index (χ2v) is 7.78. The predicted octanol–water partition coefficient (Wildman–Crippen LogP) is 4.77. The van der Waals surface area contributed by atoms with E-state index in [0.717, 1.165) is 23.1 Å². The summed E-state index contributed by atoms with van der Waals surface area (Å²) >= 11 is 0. The average molecular weight is 421 g/mol. The number of carbonyl (C=O) groups excluding carboxylic acids is 1. The molecule has 1 amide bonds. The van der Waals surface area contributed by atoms with E-state index >= 15 is 0 Å². The van der Waals surface area contributed by atoms with Crippen molar-refractivity contribution in [2.75, 3.05) is 13.2 Å². The summed E-state index contributed by atoms with van der Waals surface area (Å²) in [7, 11) is -2.33. The van der Waals surface area contributed by atoms with Crippen molar-refractivity contribution in [3.63, 3.8) is 0 Å². The maximum atomic E-state index is 13.1. The molecular weight excluding hydrogens is 396 g/mol. The number of ether oxygens (including phenoxy) is 1. The van der Waals surface area contributed by atoms with Gasteiger partial charge in [-0.25, -0.2) is 9.18 Å². The number of benzene rings is 2. The maximum absolute atomic E-state index is 13.1. The molecule has 1 fully saturated rings. The monoisotopic (exact) mass is 421 g/mol. The van der Waals surface area contributed by atoms with Gasteiger partial charge in [0, 0.05) is 13.0 Å². The highest BCUT2D eigenvalue weighted by Gasteiger charge is 2.30. The number of nitrogens with zero attached hydrogens (tertiary/aromatic N) is 1. The quantitative estimate of drug-likeness (QED) is 0.474. The molecule has 1 saturated heterocycles. The highest BCUT2D eigenvalue weighted by molar-refractivity contribution is 7.39. The number of cyclic esters (lactones) is 1. The van der Waals surface area contributed by atoms with Gasteiger partial charge in [0.2, 0.25) is 0 Å². The van der Waals surface area contributed by atoms with Crippen molar-refractivity contribution in [3.05, 3.63) is 59.9 Å². The van der Waals surface area contributed by atoms with E-state index in [-0.39, 0.29) is 30.7 Å². The van der Waals surface area contributed by atoms with Crippen molar-refractivity contribution in [2.45, 2.75) is 38.3 Å². The molecule has 8 heteroatoms. The third kappa shape index (κ3) is 5.97. The number of rotatable bonds is 8. The van der Waals surface area contributed by atoms with E-state index in [9.17, 15) is 9.18 Å². The van der Waals surface area contributed by atoms with Gasteiger partial charge in [-0.3, -0.25) is 0 Å². The summed E-state index contributed by atoms with van der Waals surface area (Å²) in [5.41, 5.74) is 2.92. The molecule has 2 atom stereocenters. The first-order valence-electron chi connectivity index (χ1n) is 9.58. The van der Waals surface area contributed by atoms with E-state index in [2.05, 4.69) is 0 Å². The molecule has 1 aliphatic heterocycles. The summed E-state index contributed by atoms with van der Waals surface area (Å²) in [6, 6.07) is 14.1. The van der Waals surface area contributed by atoms with Crippen LogP contribution in [0.3, 0.4) is 0 Å². The maximum Gasteiger partial charge on any atom is 0.410 e. The molecule has 0 radical (unpaired) electrons. The molecule has 1 aliphatic rings. The molecule has 2 aromatic carbocycles. The van der Waals surface area contributed by atoms with Gasteiger partial charge in [0.25, 0.3) is 0 Å². The Balaban J connectivity index is 1.54. The molecule has 1 heterocycles. The van der Waals surface area contributed by atoms with Crippen LogP contribution >= 0.6 is 8.60 Å². The summed E-state index contributed by atoms with van der Waals surface area (Å²) in [5.74, 6) is -0.264. The van der Waals surface area contributed by atoms with Gasteiger partial charge in [0.15, 0.2) is 0 Å². The molecule has 0 bridgehead atoms. The predicted molar refractivity (Wildman–Crippen MR) is 108 cm³/mol. The molecule has 2 N–H and O–H groups in total. The van der Waals surface area contributed by atoms with Crippen LogP contribution in [0.25, 0.3) is 11.1 Å². The topological polar surface area (TPSA) is 79.2 Å². The van der Waals surface area contributed by atoms with Gasteiger partial charge in [-0.15, -0.1) is 0 Å². The summed E-state index contributed by atoms with van der Waals surface area (Å²) < 4.78 is 23.3. The van der Waals surface area contributed by atoms with Crippen LogP contribution in [-0.2, 0) is 9.26 Å². The van der Waals surface area contributed by atoms with Gasteiger partial charge in [0.05, 0.1) is 12.6 Å². The van der Waals surface area contributed by atoms with E-state index in [1.54, 1.807) is 17.0 Å². The summed E-state index contributed by atoms with van der Waals surface area (Å²) in [5, 5.41) is 0. The molecular formula is C21H25FNO5P. The normalized spacial score (nSPS) is 18.0. The smallest absolute Gasteiger partial charge is 0.410 e. The minimum atomic E-state index is -2.33. The Morgan fingerprint density at radius 1 is 1.17 bits per heavy atom. The summed E-state index contributed by atoms with van der Waals surface area (Å²) in [6.45, 7) is 2.79. The van der Waals surface area contributed by atoms with Gasteiger partial charge in [0.1, 0.15) is 11.9 Å². The van der Waals surface area contributed by atoms with E-state index in [1.165, 1.54) is 12.1 Å². The molecule has 29 heavy (non-hydrogen) atoms. The second kappa shape index (κ2) is 10.1. The fourth-order valence-corrected chi connectivity index (χ4v) is 3.72. The highest BCUT2D eigenvalue weighted by atomic mass is 31.2. The largest absolute Gasteiger partial charge is 0.446 e. The molecule has 2 unspecified atom stereocenters. The molecule has 0 spiro atoms. The number of amides is 1. The molecule has 3 rings (SSSR count). The summed E-state index contributed by atoms with van der Waals surface area (Å²) in [4.78, 5) is 31.6. The van der Waals surface area contributed by atoms with Crippen molar-refractivity contribution in [3.8, 4) is 11.1 Å². The Bertz CT molecular complexity index is 800. The lowest BCUT2D eigenvalue weighted by molar-refractivity contribution is 0.00778. The Morgan fingerprint density at radius 3 is 2.38 bits per heavy atom. The zero-order chi connectivity index (χ0) is 20.8. The van der Waals surface area contributed by atoms with Crippen LogP contribution in [-0.4, -0.2) is 40.0 Å². The standard InChI is InChI=1S/C21H25FNO5P/c1-15(16-4-6-17(7-5-16)18-8-10-19(22)11-9-18)23-13-12-20(28-21(23)24)3-2-14-27-29(25)26/h4-11,15,20,25-26H,2-3,12-14H2,1H3. The van der Waals surface area contributed by atoms with Gasteiger partial charge in [-0.05, 0) is 48.6 Å². The third-order valence-electron chi connectivity index (χ3n) is 5.11. The fourth-order valence-electron chi connectivity index (χ4n) is 3.43. The van der Waals surface area contributed by atoms with Crippen molar-refractivity contribution in [2.24, 2.45) is 0 Å².